The summed E-state index contributed by atoms with van der Waals surface area (Å²) in [5, 5.41) is 20.8. The highest BCUT2D eigenvalue weighted by Gasteiger charge is 2.15. The van der Waals surface area contributed by atoms with E-state index in [1.54, 1.807) is 72.8 Å². The average molecular weight is 427 g/mol. The Hall–Kier alpha value is -4.07. The fourth-order valence-electron chi connectivity index (χ4n) is 2.74. The van der Waals surface area contributed by atoms with E-state index in [4.69, 9.17) is 15.3 Å². The summed E-state index contributed by atoms with van der Waals surface area (Å²) in [6, 6.07) is 24.5. The second kappa shape index (κ2) is 10.6. The van der Waals surface area contributed by atoms with Crippen LogP contribution in [0.25, 0.3) is 0 Å². The second-order valence-electron chi connectivity index (χ2n) is 6.37. The van der Waals surface area contributed by atoms with Crippen LogP contribution < -0.4 is 5.32 Å². The Morgan fingerprint density at radius 3 is 2.52 bits per heavy atom. The van der Waals surface area contributed by atoms with Gasteiger partial charge in [0.05, 0.1) is 34.6 Å². The van der Waals surface area contributed by atoms with Crippen molar-refractivity contribution < 1.29 is 14.3 Å². The van der Waals surface area contributed by atoms with Crippen LogP contribution in [0.4, 0.5) is 5.69 Å². The summed E-state index contributed by atoms with van der Waals surface area (Å²) in [5.74, 6) is -0.706. The fourth-order valence-corrected chi connectivity index (χ4v) is 3.58. The molecule has 0 atom stereocenters. The normalized spacial score (nSPS) is 9.87. The molecule has 3 rings (SSSR count). The first-order valence-corrected chi connectivity index (χ1v) is 10.3. The maximum Gasteiger partial charge on any atom is 0.339 e. The van der Waals surface area contributed by atoms with E-state index in [9.17, 15) is 9.59 Å². The Balaban J connectivity index is 1.62. The molecular formula is C24H17N3O3S. The molecule has 0 spiro atoms. The standard InChI is InChI=1S/C24H17N3O3S/c25-13-17-6-5-9-20(12-17)27-23(28)16-31-22-11-4-3-10-21(22)24(29)30-15-19-8-2-1-7-18(19)14-26/h1-12H,15-16H2,(H,27,28). The van der Waals surface area contributed by atoms with E-state index in [0.717, 1.165) is 0 Å². The molecule has 152 valence electrons. The maximum absolute atomic E-state index is 12.6. The second-order valence-corrected chi connectivity index (χ2v) is 7.39. The van der Waals surface area contributed by atoms with E-state index in [1.165, 1.54) is 11.8 Å². The third-order valence-electron chi connectivity index (χ3n) is 4.24. The number of hydrogen-bond donors (Lipinski definition) is 1. The first-order chi connectivity index (χ1) is 15.1. The predicted molar refractivity (Wildman–Crippen MR) is 117 cm³/mol. The lowest BCUT2D eigenvalue weighted by Gasteiger charge is -2.10. The lowest BCUT2D eigenvalue weighted by Crippen LogP contribution is -2.14. The molecule has 0 aliphatic heterocycles. The van der Waals surface area contributed by atoms with Gasteiger partial charge in [-0.1, -0.05) is 36.4 Å². The largest absolute Gasteiger partial charge is 0.457 e. The number of nitrogens with zero attached hydrogens (tertiary/aromatic N) is 2. The Bertz CT molecular complexity index is 1190. The summed E-state index contributed by atoms with van der Waals surface area (Å²) in [4.78, 5) is 25.5. The summed E-state index contributed by atoms with van der Waals surface area (Å²) < 4.78 is 5.39. The van der Waals surface area contributed by atoms with Crippen molar-refractivity contribution in [2.24, 2.45) is 0 Å². The van der Waals surface area contributed by atoms with Crippen molar-refractivity contribution in [3.05, 3.63) is 95.1 Å². The minimum Gasteiger partial charge on any atom is -0.457 e. The number of thioether (sulfide) groups is 1. The molecule has 0 saturated carbocycles. The van der Waals surface area contributed by atoms with Gasteiger partial charge in [0.15, 0.2) is 0 Å². The van der Waals surface area contributed by atoms with Crippen molar-refractivity contribution in [2.75, 3.05) is 11.1 Å². The summed E-state index contributed by atoms with van der Waals surface area (Å²) in [7, 11) is 0. The molecule has 7 heteroatoms. The average Bonchev–Trinajstić information content (AvgIpc) is 2.81. The van der Waals surface area contributed by atoms with Gasteiger partial charge in [-0.15, -0.1) is 11.8 Å². The molecule has 0 saturated heterocycles. The third-order valence-corrected chi connectivity index (χ3v) is 5.31. The van der Waals surface area contributed by atoms with Crippen LogP contribution in [-0.4, -0.2) is 17.6 Å². The number of benzene rings is 3. The van der Waals surface area contributed by atoms with Gasteiger partial charge in [0, 0.05) is 16.1 Å². The topological polar surface area (TPSA) is 103 Å². The quantitative estimate of drug-likeness (QED) is 0.439. The van der Waals surface area contributed by atoms with Crippen LogP contribution in [0.2, 0.25) is 0 Å². The number of carbonyl (C=O) groups is 2. The summed E-state index contributed by atoms with van der Waals surface area (Å²) in [6.45, 7) is -0.0166. The number of amides is 1. The van der Waals surface area contributed by atoms with Crippen LogP contribution in [0.5, 0.6) is 0 Å². The maximum atomic E-state index is 12.6. The highest BCUT2D eigenvalue weighted by Crippen LogP contribution is 2.24. The molecule has 31 heavy (non-hydrogen) atoms. The number of rotatable bonds is 7. The lowest BCUT2D eigenvalue weighted by molar-refractivity contribution is -0.113. The van der Waals surface area contributed by atoms with Crippen molar-refractivity contribution in [3.63, 3.8) is 0 Å². The summed E-state index contributed by atoms with van der Waals surface area (Å²) in [5.41, 5.74) is 2.42. The van der Waals surface area contributed by atoms with E-state index in [-0.39, 0.29) is 18.3 Å². The van der Waals surface area contributed by atoms with Crippen molar-refractivity contribution in [3.8, 4) is 12.1 Å². The Morgan fingerprint density at radius 2 is 1.71 bits per heavy atom. The van der Waals surface area contributed by atoms with Crippen LogP contribution in [0.3, 0.4) is 0 Å². The van der Waals surface area contributed by atoms with Gasteiger partial charge in [-0.25, -0.2) is 4.79 Å². The molecule has 0 bridgehead atoms. The molecule has 0 radical (unpaired) electrons. The zero-order chi connectivity index (χ0) is 22.1. The van der Waals surface area contributed by atoms with Gasteiger partial charge in [0.25, 0.3) is 0 Å². The number of nitriles is 2. The first kappa shape index (κ1) is 21.6. The number of anilines is 1. The molecule has 3 aromatic carbocycles. The summed E-state index contributed by atoms with van der Waals surface area (Å²) in [6.07, 6.45) is 0. The minimum absolute atomic E-state index is 0.0166. The number of ether oxygens (including phenoxy) is 1. The molecule has 0 heterocycles. The van der Waals surface area contributed by atoms with Crippen LogP contribution in [0, 0.1) is 22.7 Å². The Kier molecular flexibility index (Phi) is 7.42. The molecule has 0 aliphatic carbocycles. The highest BCUT2D eigenvalue weighted by molar-refractivity contribution is 8.00. The van der Waals surface area contributed by atoms with Crippen molar-refractivity contribution in [1.29, 1.82) is 10.5 Å². The molecule has 3 aromatic rings. The molecule has 0 aromatic heterocycles. The van der Waals surface area contributed by atoms with Gasteiger partial charge in [0.1, 0.15) is 6.61 Å². The van der Waals surface area contributed by atoms with E-state index in [1.807, 2.05) is 6.07 Å². The van der Waals surface area contributed by atoms with Crippen LogP contribution >= 0.6 is 11.8 Å². The van der Waals surface area contributed by atoms with E-state index in [2.05, 4.69) is 11.4 Å². The smallest absolute Gasteiger partial charge is 0.339 e. The molecule has 1 N–H and O–H groups in total. The SMILES string of the molecule is N#Cc1cccc(NC(=O)CSc2ccccc2C(=O)OCc2ccccc2C#N)c1. The van der Waals surface area contributed by atoms with Crippen molar-refractivity contribution >= 4 is 29.3 Å². The van der Waals surface area contributed by atoms with Crippen molar-refractivity contribution in [2.45, 2.75) is 11.5 Å². The lowest BCUT2D eigenvalue weighted by atomic mass is 10.1. The van der Waals surface area contributed by atoms with Crippen molar-refractivity contribution in [1.82, 2.24) is 0 Å². The fraction of sp³-hybridized carbons (Fsp3) is 0.0833. The van der Waals surface area contributed by atoms with Crippen LogP contribution in [0.1, 0.15) is 27.0 Å². The molecule has 0 aliphatic rings. The summed E-state index contributed by atoms with van der Waals surface area (Å²) >= 11 is 1.21. The molecule has 1 amide bonds. The third kappa shape index (κ3) is 5.96. The Labute approximate surface area is 184 Å². The Morgan fingerprint density at radius 1 is 0.935 bits per heavy atom. The van der Waals surface area contributed by atoms with Gasteiger partial charge >= 0.3 is 5.97 Å². The number of hydrogen-bond acceptors (Lipinski definition) is 6. The number of nitrogens with one attached hydrogen (secondary N) is 1. The number of esters is 1. The molecule has 0 fully saturated rings. The zero-order valence-electron chi connectivity index (χ0n) is 16.4. The molecule has 0 unspecified atom stereocenters. The van der Waals surface area contributed by atoms with E-state index >= 15 is 0 Å². The zero-order valence-corrected chi connectivity index (χ0v) is 17.2. The first-order valence-electron chi connectivity index (χ1n) is 9.27. The minimum atomic E-state index is -0.530. The van der Waals surface area contributed by atoms with Gasteiger partial charge in [-0.3, -0.25) is 4.79 Å². The van der Waals surface area contributed by atoms with Gasteiger partial charge in [-0.2, -0.15) is 10.5 Å². The number of carbonyl (C=O) groups excluding carboxylic acids is 2. The van der Waals surface area contributed by atoms with Gasteiger partial charge in [-0.05, 0) is 36.4 Å². The monoisotopic (exact) mass is 427 g/mol. The van der Waals surface area contributed by atoms with E-state index in [0.29, 0.717) is 32.8 Å². The van der Waals surface area contributed by atoms with Crippen LogP contribution in [0.15, 0.2) is 77.7 Å². The van der Waals surface area contributed by atoms with Gasteiger partial charge in [0.2, 0.25) is 5.91 Å². The highest BCUT2D eigenvalue weighted by atomic mass is 32.2. The van der Waals surface area contributed by atoms with Crippen LogP contribution in [-0.2, 0) is 16.1 Å². The predicted octanol–water partition coefficient (Wildman–Crippen LogP) is 4.52. The molecular weight excluding hydrogens is 410 g/mol. The van der Waals surface area contributed by atoms with Gasteiger partial charge < -0.3 is 10.1 Å². The molecule has 6 nitrogen and oxygen atoms in total. The van der Waals surface area contributed by atoms with E-state index < -0.39 is 5.97 Å².